The number of benzene rings is 2. The number of aromatic nitrogens is 2. The van der Waals surface area contributed by atoms with Crippen LogP contribution in [-0.2, 0) is 14.8 Å². The third-order valence-electron chi connectivity index (χ3n) is 4.64. The van der Waals surface area contributed by atoms with Crippen LogP contribution in [0.3, 0.4) is 0 Å². The second-order valence-electron chi connectivity index (χ2n) is 6.82. The molecule has 0 saturated heterocycles. The monoisotopic (exact) mass is 474 g/mol. The Labute approximate surface area is 188 Å². The van der Waals surface area contributed by atoms with Gasteiger partial charge < -0.3 is 15.5 Å². The number of amides is 1. The maximum absolute atomic E-state index is 14.4. The second-order valence-corrected chi connectivity index (χ2v) is 9.40. The van der Waals surface area contributed by atoms with Crippen LogP contribution >= 0.6 is 11.8 Å². The Morgan fingerprint density at radius 1 is 1.19 bits per heavy atom. The number of halogens is 1. The van der Waals surface area contributed by atoms with Crippen LogP contribution in [0.5, 0.6) is 0 Å². The number of primary sulfonamides is 1. The molecule has 0 fully saturated rings. The molecular formula is C20H19FN6O3S2. The van der Waals surface area contributed by atoms with Gasteiger partial charge >= 0.3 is 0 Å². The first-order valence-corrected chi connectivity index (χ1v) is 12.0. The van der Waals surface area contributed by atoms with Gasteiger partial charge in [-0.1, -0.05) is 6.07 Å². The molecule has 0 unspecified atom stereocenters. The zero-order valence-corrected chi connectivity index (χ0v) is 18.5. The fourth-order valence-electron chi connectivity index (χ4n) is 3.16. The molecular weight excluding hydrogens is 455 g/mol. The highest BCUT2D eigenvalue weighted by Gasteiger charge is 2.23. The van der Waals surface area contributed by atoms with Crippen LogP contribution in [0.4, 0.5) is 33.2 Å². The van der Waals surface area contributed by atoms with Crippen molar-refractivity contribution >= 4 is 56.5 Å². The van der Waals surface area contributed by atoms with Crippen molar-refractivity contribution in [3.63, 3.8) is 0 Å². The van der Waals surface area contributed by atoms with Gasteiger partial charge in [-0.25, -0.2) is 22.9 Å². The lowest BCUT2D eigenvalue weighted by atomic mass is 10.2. The van der Waals surface area contributed by atoms with Gasteiger partial charge in [-0.2, -0.15) is 4.98 Å². The number of carbonyl (C=O) groups is 1. The molecule has 0 aliphatic carbocycles. The Hall–Kier alpha value is -3.22. The van der Waals surface area contributed by atoms with E-state index in [2.05, 4.69) is 20.6 Å². The number of sulfonamides is 1. The average molecular weight is 475 g/mol. The summed E-state index contributed by atoms with van der Waals surface area (Å²) in [6, 6.07) is 11.2. The van der Waals surface area contributed by atoms with Gasteiger partial charge in [-0.3, -0.25) is 4.79 Å². The number of hydrogen-bond donors (Lipinski definition) is 3. The summed E-state index contributed by atoms with van der Waals surface area (Å²) < 4.78 is 37.5. The van der Waals surface area contributed by atoms with Crippen molar-refractivity contribution in [3.8, 4) is 0 Å². The molecule has 2 heterocycles. The number of hydrogen-bond acceptors (Lipinski definition) is 8. The van der Waals surface area contributed by atoms with Gasteiger partial charge in [0, 0.05) is 22.8 Å². The van der Waals surface area contributed by atoms with Gasteiger partial charge in [0.05, 0.1) is 22.5 Å². The van der Waals surface area contributed by atoms with E-state index >= 15 is 0 Å². The minimum atomic E-state index is -3.87. The first-order valence-electron chi connectivity index (χ1n) is 9.51. The van der Waals surface area contributed by atoms with E-state index in [-0.39, 0.29) is 22.6 Å². The lowest BCUT2D eigenvalue weighted by molar-refractivity contribution is -0.116. The van der Waals surface area contributed by atoms with E-state index in [0.29, 0.717) is 23.7 Å². The van der Waals surface area contributed by atoms with Gasteiger partial charge in [0.25, 0.3) is 0 Å². The van der Waals surface area contributed by atoms with Crippen LogP contribution in [0.2, 0.25) is 0 Å². The first kappa shape index (κ1) is 22.0. The van der Waals surface area contributed by atoms with Gasteiger partial charge in [0.1, 0.15) is 0 Å². The quantitative estimate of drug-likeness (QED) is 0.497. The highest BCUT2D eigenvalue weighted by molar-refractivity contribution is 8.00. The van der Waals surface area contributed by atoms with Gasteiger partial charge in [-0.15, -0.1) is 11.8 Å². The minimum absolute atomic E-state index is 0.0172. The van der Waals surface area contributed by atoms with Crippen LogP contribution in [-0.4, -0.2) is 36.6 Å². The van der Waals surface area contributed by atoms with Crippen molar-refractivity contribution in [3.05, 3.63) is 54.5 Å². The number of thioether (sulfide) groups is 1. The van der Waals surface area contributed by atoms with Crippen molar-refractivity contribution < 1.29 is 17.6 Å². The molecule has 1 aromatic heterocycles. The predicted molar refractivity (Wildman–Crippen MR) is 122 cm³/mol. The smallest absolute Gasteiger partial charge is 0.238 e. The van der Waals surface area contributed by atoms with Crippen LogP contribution in [0, 0.1) is 5.82 Å². The molecule has 1 amide bonds. The minimum Gasteiger partial charge on any atom is -0.338 e. The molecule has 0 saturated carbocycles. The van der Waals surface area contributed by atoms with E-state index in [4.69, 9.17) is 5.14 Å². The maximum Gasteiger partial charge on any atom is 0.238 e. The Bertz CT molecular complexity index is 1300. The fourth-order valence-corrected chi connectivity index (χ4v) is 4.63. The van der Waals surface area contributed by atoms with Crippen LogP contribution < -0.4 is 20.7 Å². The van der Waals surface area contributed by atoms with E-state index in [1.807, 2.05) is 13.0 Å². The maximum atomic E-state index is 14.4. The first-order chi connectivity index (χ1) is 15.2. The summed E-state index contributed by atoms with van der Waals surface area (Å²) in [6.07, 6.45) is 0.997. The molecule has 4 rings (SSSR count). The molecule has 1 aliphatic heterocycles. The Morgan fingerprint density at radius 2 is 1.97 bits per heavy atom. The molecule has 2 aromatic carbocycles. The number of nitrogens with two attached hydrogens (primary N) is 1. The number of anilines is 5. The molecule has 9 nitrogen and oxygen atoms in total. The average Bonchev–Trinajstić information content (AvgIpc) is 2.75. The van der Waals surface area contributed by atoms with Crippen molar-refractivity contribution in [1.29, 1.82) is 0 Å². The molecule has 12 heteroatoms. The molecule has 0 bridgehead atoms. The Morgan fingerprint density at radius 3 is 2.72 bits per heavy atom. The van der Waals surface area contributed by atoms with E-state index in [9.17, 15) is 17.6 Å². The summed E-state index contributed by atoms with van der Waals surface area (Å²) in [5.74, 6) is -0.300. The number of carbonyl (C=O) groups excluding carboxylic acids is 1. The van der Waals surface area contributed by atoms with Gasteiger partial charge in [-0.05, 0) is 43.3 Å². The van der Waals surface area contributed by atoms with Crippen molar-refractivity contribution in [2.45, 2.75) is 16.7 Å². The molecule has 166 valence electrons. The van der Waals surface area contributed by atoms with Gasteiger partial charge in [0.2, 0.25) is 21.9 Å². The molecule has 0 atom stereocenters. The number of fused-ring (bicyclic) bond motifs is 1. The normalized spacial score (nSPS) is 13.6. The molecule has 0 radical (unpaired) electrons. The van der Waals surface area contributed by atoms with Crippen LogP contribution in [0.25, 0.3) is 0 Å². The Balaban J connectivity index is 1.59. The summed E-state index contributed by atoms with van der Waals surface area (Å²) in [7, 11) is -3.87. The topological polar surface area (TPSA) is 130 Å². The molecule has 4 N–H and O–H groups in total. The molecule has 0 spiro atoms. The lowest BCUT2D eigenvalue weighted by Crippen LogP contribution is -2.35. The third-order valence-corrected chi connectivity index (χ3v) is 6.60. The van der Waals surface area contributed by atoms with E-state index in [1.54, 1.807) is 23.1 Å². The van der Waals surface area contributed by atoms with Crippen LogP contribution in [0.1, 0.15) is 6.92 Å². The lowest BCUT2D eigenvalue weighted by Gasteiger charge is -2.28. The van der Waals surface area contributed by atoms with Crippen LogP contribution in [0.15, 0.2) is 58.5 Å². The van der Waals surface area contributed by atoms with Crippen molar-refractivity contribution in [1.82, 2.24) is 9.97 Å². The number of nitrogens with one attached hydrogen (secondary N) is 2. The highest BCUT2D eigenvalue weighted by atomic mass is 32.2. The highest BCUT2D eigenvalue weighted by Crippen LogP contribution is 2.37. The molecule has 3 aromatic rings. The second kappa shape index (κ2) is 8.73. The van der Waals surface area contributed by atoms with E-state index < -0.39 is 15.8 Å². The van der Waals surface area contributed by atoms with Crippen molar-refractivity contribution in [2.75, 3.05) is 27.8 Å². The third kappa shape index (κ3) is 4.66. The fraction of sp³-hybridized carbons (Fsp3) is 0.150. The van der Waals surface area contributed by atoms with E-state index in [0.717, 1.165) is 16.8 Å². The SMILES string of the molecule is CCN1C(=O)CSc2ccc(Nc3nc(Nc4cccc(S(N)(=O)=O)c4)ncc3F)cc21. The summed E-state index contributed by atoms with van der Waals surface area (Å²) in [6.45, 7) is 2.42. The summed E-state index contributed by atoms with van der Waals surface area (Å²) >= 11 is 1.46. The van der Waals surface area contributed by atoms with Gasteiger partial charge in [0.15, 0.2) is 11.6 Å². The summed E-state index contributed by atoms with van der Waals surface area (Å²) in [5.41, 5.74) is 1.68. The zero-order chi connectivity index (χ0) is 22.9. The molecule has 32 heavy (non-hydrogen) atoms. The molecule has 1 aliphatic rings. The largest absolute Gasteiger partial charge is 0.338 e. The van der Waals surface area contributed by atoms with E-state index in [1.165, 1.54) is 30.0 Å². The Kier molecular flexibility index (Phi) is 6.00. The number of rotatable bonds is 6. The number of nitrogens with zero attached hydrogens (tertiary/aromatic N) is 3. The standard InChI is InChI=1S/C20H19FN6O3S2/c1-2-27-16-9-13(6-7-17(16)31-11-18(27)28)24-19-15(21)10-23-20(26-19)25-12-4-3-5-14(8-12)32(22,29)30/h3-10H,2,11H2,1H3,(H2,22,29,30)(H2,23,24,25,26). The predicted octanol–water partition coefficient (Wildman–Crippen LogP) is 3.21. The zero-order valence-electron chi connectivity index (χ0n) is 16.9. The van der Waals surface area contributed by atoms with Crippen molar-refractivity contribution in [2.24, 2.45) is 5.14 Å². The summed E-state index contributed by atoms with van der Waals surface area (Å²) in [4.78, 5) is 22.8. The summed E-state index contributed by atoms with van der Waals surface area (Å²) in [5, 5.41) is 10.9.